The number of piperidine rings is 1. The van der Waals surface area contributed by atoms with E-state index in [-0.39, 0.29) is 17.7 Å². The molecule has 1 fully saturated rings. The van der Waals surface area contributed by atoms with E-state index >= 15 is 0 Å². The third-order valence-corrected chi connectivity index (χ3v) is 6.34. The van der Waals surface area contributed by atoms with Crippen LogP contribution < -0.4 is 10.6 Å². The van der Waals surface area contributed by atoms with Gasteiger partial charge in [0, 0.05) is 18.0 Å². The number of hydrogen-bond donors (Lipinski definition) is 2. The quantitative estimate of drug-likeness (QED) is 0.444. The fraction of sp³-hybridized carbons (Fsp3) is 0.407. The smallest absolute Gasteiger partial charge is 0.253 e. The van der Waals surface area contributed by atoms with Gasteiger partial charge in [0.15, 0.2) is 0 Å². The lowest BCUT2D eigenvalue weighted by atomic mass is 9.95. The van der Waals surface area contributed by atoms with Crippen molar-refractivity contribution in [3.63, 3.8) is 0 Å². The molecule has 0 saturated carbocycles. The van der Waals surface area contributed by atoms with Gasteiger partial charge in [0.1, 0.15) is 0 Å². The zero-order valence-corrected chi connectivity index (χ0v) is 20.4. The number of rotatable bonds is 9. The van der Waals surface area contributed by atoms with E-state index in [9.17, 15) is 9.59 Å². The number of benzene rings is 2. The molecule has 0 aliphatic carbocycles. The number of nitrogens with one attached hydrogen (secondary N) is 2. The topological polar surface area (TPSA) is 100 Å². The highest BCUT2D eigenvalue weighted by Gasteiger charge is 2.27. The minimum atomic E-state index is -0.159. The van der Waals surface area contributed by atoms with Gasteiger partial charge in [0.05, 0.1) is 17.8 Å². The van der Waals surface area contributed by atoms with Gasteiger partial charge in [-0.1, -0.05) is 60.5 Å². The standard InChI is InChI=1S/C27H33N5O3/c1-3-4-15-28-27(34)22-7-5-6-8-23(22)29-26(33)21-13-16-32(17-14-21)18-24-30-25(31-35-24)20-11-9-19(2)10-12-20/h5-12,21H,3-4,13-18H2,1-2H3,(H,28,34)(H,29,33). The average Bonchev–Trinajstić information content (AvgIpc) is 3.33. The molecule has 2 aromatic carbocycles. The largest absolute Gasteiger partial charge is 0.352 e. The Kier molecular flexibility index (Phi) is 8.26. The normalized spacial score (nSPS) is 14.6. The Morgan fingerprint density at radius 1 is 1.09 bits per heavy atom. The number of unbranched alkanes of at least 4 members (excludes halogenated alkanes) is 1. The van der Waals surface area contributed by atoms with Crippen LogP contribution in [0.2, 0.25) is 0 Å². The molecule has 4 rings (SSSR count). The number of carbonyl (C=O) groups is 2. The first-order valence-electron chi connectivity index (χ1n) is 12.3. The van der Waals surface area contributed by atoms with Crippen molar-refractivity contribution in [1.82, 2.24) is 20.4 Å². The van der Waals surface area contributed by atoms with Gasteiger partial charge in [-0.2, -0.15) is 4.98 Å². The molecule has 1 aliphatic rings. The third-order valence-electron chi connectivity index (χ3n) is 6.34. The van der Waals surface area contributed by atoms with E-state index < -0.39 is 0 Å². The van der Waals surface area contributed by atoms with Crippen molar-refractivity contribution in [2.45, 2.75) is 46.1 Å². The molecule has 1 aromatic heterocycles. The minimum absolute atomic E-state index is 0.0436. The maximum absolute atomic E-state index is 12.9. The van der Waals surface area contributed by atoms with Crippen molar-refractivity contribution in [1.29, 1.82) is 0 Å². The second-order valence-corrected chi connectivity index (χ2v) is 9.07. The predicted octanol–water partition coefficient (Wildman–Crippen LogP) is 4.43. The zero-order chi connectivity index (χ0) is 24.6. The monoisotopic (exact) mass is 475 g/mol. The van der Waals surface area contributed by atoms with Crippen LogP contribution in [0, 0.1) is 12.8 Å². The molecule has 1 aliphatic heterocycles. The second kappa shape index (κ2) is 11.8. The van der Waals surface area contributed by atoms with Gasteiger partial charge in [-0.3, -0.25) is 14.5 Å². The van der Waals surface area contributed by atoms with Crippen molar-refractivity contribution in [2.24, 2.45) is 5.92 Å². The van der Waals surface area contributed by atoms with Gasteiger partial charge in [-0.25, -0.2) is 0 Å². The summed E-state index contributed by atoms with van der Waals surface area (Å²) >= 11 is 0. The molecule has 184 valence electrons. The highest BCUT2D eigenvalue weighted by molar-refractivity contribution is 6.04. The molecule has 3 aromatic rings. The summed E-state index contributed by atoms with van der Waals surface area (Å²) in [4.78, 5) is 32.2. The highest BCUT2D eigenvalue weighted by Crippen LogP contribution is 2.23. The summed E-state index contributed by atoms with van der Waals surface area (Å²) in [5.41, 5.74) is 3.17. The van der Waals surface area contributed by atoms with E-state index in [1.807, 2.05) is 43.3 Å². The molecule has 0 unspecified atom stereocenters. The first-order chi connectivity index (χ1) is 17.0. The highest BCUT2D eigenvalue weighted by atomic mass is 16.5. The van der Waals surface area contributed by atoms with Crippen LogP contribution in [0.1, 0.15) is 54.4 Å². The molecule has 0 bridgehead atoms. The lowest BCUT2D eigenvalue weighted by molar-refractivity contribution is -0.121. The number of nitrogens with zero attached hydrogens (tertiary/aromatic N) is 3. The van der Waals surface area contributed by atoms with E-state index in [1.54, 1.807) is 12.1 Å². The van der Waals surface area contributed by atoms with Crippen LogP contribution in [0.4, 0.5) is 5.69 Å². The first-order valence-corrected chi connectivity index (χ1v) is 12.3. The molecule has 8 nitrogen and oxygen atoms in total. The second-order valence-electron chi connectivity index (χ2n) is 9.07. The van der Waals surface area contributed by atoms with Crippen molar-refractivity contribution >= 4 is 17.5 Å². The molecular weight excluding hydrogens is 442 g/mol. The fourth-order valence-electron chi connectivity index (χ4n) is 4.18. The summed E-state index contributed by atoms with van der Waals surface area (Å²) in [7, 11) is 0. The summed E-state index contributed by atoms with van der Waals surface area (Å²) in [6, 6.07) is 15.2. The summed E-state index contributed by atoms with van der Waals surface area (Å²) in [6.45, 7) is 6.84. The van der Waals surface area contributed by atoms with Crippen LogP contribution in [0.5, 0.6) is 0 Å². The summed E-state index contributed by atoms with van der Waals surface area (Å²) < 4.78 is 5.46. The molecular formula is C27H33N5O3. The van der Waals surface area contributed by atoms with Crippen LogP contribution in [-0.2, 0) is 11.3 Å². The number of para-hydroxylation sites is 1. The van der Waals surface area contributed by atoms with E-state index in [0.717, 1.165) is 44.3 Å². The van der Waals surface area contributed by atoms with Crippen molar-refractivity contribution in [2.75, 3.05) is 25.0 Å². The van der Waals surface area contributed by atoms with Crippen LogP contribution >= 0.6 is 0 Å². The lowest BCUT2D eigenvalue weighted by Gasteiger charge is -2.30. The van der Waals surface area contributed by atoms with Gasteiger partial charge in [-0.15, -0.1) is 0 Å². The van der Waals surface area contributed by atoms with Crippen molar-refractivity contribution in [3.05, 3.63) is 65.5 Å². The molecule has 0 atom stereocenters. The van der Waals surface area contributed by atoms with Gasteiger partial charge in [0.2, 0.25) is 17.6 Å². The minimum Gasteiger partial charge on any atom is -0.352 e. The van der Waals surface area contributed by atoms with E-state index in [4.69, 9.17) is 4.52 Å². The van der Waals surface area contributed by atoms with Crippen LogP contribution in [-0.4, -0.2) is 46.5 Å². The molecule has 2 heterocycles. The number of carbonyl (C=O) groups excluding carboxylic acids is 2. The van der Waals surface area contributed by atoms with Gasteiger partial charge in [-0.05, 0) is 51.4 Å². The van der Waals surface area contributed by atoms with Crippen molar-refractivity contribution in [3.8, 4) is 11.4 Å². The van der Waals surface area contributed by atoms with Gasteiger partial charge >= 0.3 is 0 Å². The predicted molar refractivity (Wildman–Crippen MR) is 135 cm³/mol. The Morgan fingerprint density at radius 2 is 1.83 bits per heavy atom. The molecule has 0 radical (unpaired) electrons. The zero-order valence-electron chi connectivity index (χ0n) is 20.4. The Labute approximate surface area is 206 Å². The Bertz CT molecular complexity index is 1130. The maximum Gasteiger partial charge on any atom is 0.253 e. The maximum atomic E-state index is 12.9. The summed E-state index contributed by atoms with van der Waals surface area (Å²) in [6.07, 6.45) is 3.40. The number of amides is 2. The van der Waals surface area contributed by atoms with Gasteiger partial charge in [0.25, 0.3) is 5.91 Å². The molecule has 35 heavy (non-hydrogen) atoms. The fourth-order valence-corrected chi connectivity index (χ4v) is 4.18. The number of aromatic nitrogens is 2. The molecule has 2 amide bonds. The lowest BCUT2D eigenvalue weighted by Crippen LogP contribution is -2.38. The number of likely N-dealkylation sites (tertiary alicyclic amines) is 1. The van der Waals surface area contributed by atoms with E-state index in [2.05, 4.69) is 32.6 Å². The third kappa shape index (κ3) is 6.54. The van der Waals surface area contributed by atoms with E-state index in [0.29, 0.717) is 36.1 Å². The van der Waals surface area contributed by atoms with Crippen molar-refractivity contribution < 1.29 is 14.1 Å². The van der Waals surface area contributed by atoms with E-state index in [1.165, 1.54) is 5.56 Å². The van der Waals surface area contributed by atoms with Gasteiger partial charge < -0.3 is 15.2 Å². The SMILES string of the molecule is CCCCNC(=O)c1ccccc1NC(=O)C1CCN(Cc2nc(-c3ccc(C)cc3)no2)CC1. The summed E-state index contributed by atoms with van der Waals surface area (Å²) in [5.74, 6) is 0.859. The molecule has 0 spiro atoms. The molecule has 1 saturated heterocycles. The molecule has 2 N–H and O–H groups in total. The Hall–Kier alpha value is -3.52. The van der Waals surface area contributed by atoms with Crippen LogP contribution in [0.15, 0.2) is 53.1 Å². The Balaban J connectivity index is 1.28. The molecule has 8 heteroatoms. The number of aryl methyl sites for hydroxylation is 1. The Morgan fingerprint density at radius 3 is 2.57 bits per heavy atom. The number of anilines is 1. The first kappa shape index (κ1) is 24.6. The average molecular weight is 476 g/mol. The summed E-state index contributed by atoms with van der Waals surface area (Å²) in [5, 5.41) is 10.0. The van der Waals surface area contributed by atoms with Crippen LogP contribution in [0.25, 0.3) is 11.4 Å². The van der Waals surface area contributed by atoms with Crippen LogP contribution in [0.3, 0.4) is 0 Å². The number of hydrogen-bond acceptors (Lipinski definition) is 6.